The SMILES string of the molecule is FC(F)(c1ccccc1I)c1ccccc1I. The molecule has 0 saturated carbocycles. The Kier molecular flexibility index (Phi) is 4.02. The van der Waals surface area contributed by atoms with Crippen LogP contribution in [0.1, 0.15) is 11.1 Å². The lowest BCUT2D eigenvalue weighted by Crippen LogP contribution is -2.18. The molecule has 0 unspecified atom stereocenters. The van der Waals surface area contributed by atoms with E-state index in [2.05, 4.69) is 0 Å². The van der Waals surface area contributed by atoms with Crippen LogP contribution in [0.3, 0.4) is 0 Å². The van der Waals surface area contributed by atoms with Gasteiger partial charge in [-0.25, -0.2) is 0 Å². The number of hydrogen-bond acceptors (Lipinski definition) is 0. The maximum Gasteiger partial charge on any atom is 0.300 e. The lowest BCUT2D eigenvalue weighted by atomic mass is 10.0. The topological polar surface area (TPSA) is 0 Å². The first-order valence-electron chi connectivity index (χ1n) is 4.91. The second-order valence-corrected chi connectivity index (χ2v) is 5.86. The fraction of sp³-hybridized carbons (Fsp3) is 0.0769. The predicted molar refractivity (Wildman–Crippen MR) is 81.3 cm³/mol. The molecule has 0 radical (unpaired) electrons. The molecule has 2 aromatic carbocycles. The summed E-state index contributed by atoms with van der Waals surface area (Å²) in [6.45, 7) is 0. The van der Waals surface area contributed by atoms with E-state index in [0.717, 1.165) is 0 Å². The fourth-order valence-corrected chi connectivity index (χ4v) is 3.03. The van der Waals surface area contributed by atoms with Gasteiger partial charge in [-0.05, 0) is 57.3 Å². The van der Waals surface area contributed by atoms with E-state index < -0.39 is 5.92 Å². The molecule has 0 aliphatic rings. The van der Waals surface area contributed by atoms with Crippen LogP contribution in [0.4, 0.5) is 8.78 Å². The van der Waals surface area contributed by atoms with Gasteiger partial charge in [-0.2, -0.15) is 8.78 Å². The zero-order valence-corrected chi connectivity index (χ0v) is 12.9. The fourth-order valence-electron chi connectivity index (χ4n) is 1.58. The predicted octanol–water partition coefficient (Wildman–Crippen LogP) is 5.04. The summed E-state index contributed by atoms with van der Waals surface area (Å²) in [5, 5.41) is 0. The number of halogens is 4. The van der Waals surface area contributed by atoms with E-state index >= 15 is 0 Å². The smallest absolute Gasteiger partial charge is 0.196 e. The second kappa shape index (κ2) is 5.17. The first-order chi connectivity index (χ1) is 8.03. The van der Waals surface area contributed by atoms with Crippen molar-refractivity contribution in [3.8, 4) is 0 Å². The molecule has 0 spiro atoms. The quantitative estimate of drug-likeness (QED) is 0.557. The van der Waals surface area contributed by atoms with Gasteiger partial charge in [-0.1, -0.05) is 36.4 Å². The zero-order chi connectivity index (χ0) is 12.5. The van der Waals surface area contributed by atoms with Crippen LogP contribution in [0.2, 0.25) is 0 Å². The molecule has 0 atom stereocenters. The molecule has 17 heavy (non-hydrogen) atoms. The molecule has 0 nitrogen and oxygen atoms in total. The maximum absolute atomic E-state index is 14.4. The Bertz CT molecular complexity index is 491. The number of rotatable bonds is 2. The molecule has 0 amide bonds. The van der Waals surface area contributed by atoms with E-state index in [1.54, 1.807) is 36.4 Å². The second-order valence-electron chi connectivity index (χ2n) is 3.53. The Morgan fingerprint density at radius 2 is 1.06 bits per heavy atom. The Balaban J connectivity index is 2.58. The van der Waals surface area contributed by atoms with E-state index in [1.165, 1.54) is 12.1 Å². The summed E-state index contributed by atoms with van der Waals surface area (Å²) in [7, 11) is 0. The van der Waals surface area contributed by atoms with Crippen molar-refractivity contribution >= 4 is 45.2 Å². The van der Waals surface area contributed by atoms with Gasteiger partial charge in [0, 0.05) is 18.3 Å². The average Bonchev–Trinajstić information content (AvgIpc) is 2.29. The highest BCUT2D eigenvalue weighted by Gasteiger charge is 2.37. The molecule has 0 aliphatic carbocycles. The third-order valence-corrected chi connectivity index (χ3v) is 4.31. The minimum absolute atomic E-state index is 0.0599. The monoisotopic (exact) mass is 456 g/mol. The summed E-state index contributed by atoms with van der Waals surface area (Å²) in [5.41, 5.74) is 0.120. The molecule has 88 valence electrons. The number of benzene rings is 2. The normalized spacial score (nSPS) is 11.5. The van der Waals surface area contributed by atoms with Crippen molar-refractivity contribution in [2.75, 3.05) is 0 Å². The summed E-state index contributed by atoms with van der Waals surface area (Å²) >= 11 is 3.88. The van der Waals surface area contributed by atoms with Gasteiger partial charge in [0.15, 0.2) is 0 Å². The summed E-state index contributed by atoms with van der Waals surface area (Å²) < 4.78 is 30.0. The van der Waals surface area contributed by atoms with E-state index in [0.29, 0.717) is 7.14 Å². The van der Waals surface area contributed by atoms with Gasteiger partial charge >= 0.3 is 0 Å². The van der Waals surface area contributed by atoms with Crippen molar-refractivity contribution in [1.29, 1.82) is 0 Å². The summed E-state index contributed by atoms with van der Waals surface area (Å²) in [5.74, 6) is -2.95. The highest BCUT2D eigenvalue weighted by atomic mass is 127. The molecule has 0 fully saturated rings. The summed E-state index contributed by atoms with van der Waals surface area (Å²) in [4.78, 5) is 0. The van der Waals surface area contributed by atoms with E-state index in [1.807, 2.05) is 45.2 Å². The summed E-state index contributed by atoms with van der Waals surface area (Å²) in [6.07, 6.45) is 0. The zero-order valence-electron chi connectivity index (χ0n) is 8.63. The molecule has 2 aromatic rings. The van der Waals surface area contributed by atoms with Crippen LogP contribution in [-0.4, -0.2) is 0 Å². The molecule has 0 N–H and O–H groups in total. The Morgan fingerprint density at radius 1 is 0.706 bits per heavy atom. The first-order valence-corrected chi connectivity index (χ1v) is 7.07. The van der Waals surface area contributed by atoms with Crippen molar-refractivity contribution in [3.63, 3.8) is 0 Å². The third kappa shape index (κ3) is 2.62. The standard InChI is InChI=1S/C13H8F2I2/c14-13(15,9-5-1-3-7-11(9)16)10-6-2-4-8-12(10)17/h1-8H. The maximum atomic E-state index is 14.4. The van der Waals surface area contributed by atoms with Crippen molar-refractivity contribution in [3.05, 3.63) is 66.8 Å². The molecule has 4 heteroatoms. The van der Waals surface area contributed by atoms with E-state index in [4.69, 9.17) is 0 Å². The molecular formula is C13H8F2I2. The van der Waals surface area contributed by atoms with Crippen LogP contribution in [0.5, 0.6) is 0 Å². The molecule has 0 bridgehead atoms. The Labute approximate surface area is 126 Å². The Morgan fingerprint density at radius 3 is 1.41 bits per heavy atom. The van der Waals surface area contributed by atoms with Gasteiger partial charge < -0.3 is 0 Å². The lowest BCUT2D eigenvalue weighted by molar-refractivity contribution is 0.0410. The van der Waals surface area contributed by atoms with Crippen LogP contribution in [0.25, 0.3) is 0 Å². The van der Waals surface area contributed by atoms with E-state index in [9.17, 15) is 8.78 Å². The van der Waals surface area contributed by atoms with Crippen molar-refractivity contribution in [2.45, 2.75) is 5.92 Å². The molecule has 0 heterocycles. The van der Waals surface area contributed by atoms with Crippen molar-refractivity contribution in [1.82, 2.24) is 0 Å². The van der Waals surface area contributed by atoms with Gasteiger partial charge in [0.1, 0.15) is 0 Å². The van der Waals surface area contributed by atoms with Crippen LogP contribution in [0.15, 0.2) is 48.5 Å². The van der Waals surface area contributed by atoms with Crippen LogP contribution in [0, 0.1) is 7.14 Å². The lowest BCUT2D eigenvalue weighted by Gasteiger charge is -2.19. The Hall–Kier alpha value is -0.240. The summed E-state index contributed by atoms with van der Waals surface area (Å²) in [6, 6.07) is 13.1. The van der Waals surface area contributed by atoms with Gasteiger partial charge in [-0.3, -0.25) is 0 Å². The molecular weight excluding hydrogens is 448 g/mol. The van der Waals surface area contributed by atoms with E-state index in [-0.39, 0.29) is 11.1 Å². The molecule has 0 aromatic heterocycles. The number of alkyl halides is 2. The van der Waals surface area contributed by atoms with Gasteiger partial charge in [0.2, 0.25) is 0 Å². The van der Waals surface area contributed by atoms with Crippen molar-refractivity contribution < 1.29 is 8.78 Å². The molecule has 0 aliphatic heterocycles. The van der Waals surface area contributed by atoms with Crippen LogP contribution < -0.4 is 0 Å². The minimum Gasteiger partial charge on any atom is -0.196 e. The molecule has 2 rings (SSSR count). The minimum atomic E-state index is -2.95. The largest absolute Gasteiger partial charge is 0.300 e. The average molecular weight is 456 g/mol. The highest BCUT2D eigenvalue weighted by Crippen LogP contribution is 2.39. The van der Waals surface area contributed by atoms with Crippen LogP contribution in [-0.2, 0) is 5.92 Å². The van der Waals surface area contributed by atoms with Gasteiger partial charge in [-0.15, -0.1) is 0 Å². The van der Waals surface area contributed by atoms with Crippen molar-refractivity contribution in [2.24, 2.45) is 0 Å². The third-order valence-electron chi connectivity index (χ3n) is 2.42. The van der Waals surface area contributed by atoms with Gasteiger partial charge in [0.05, 0.1) is 0 Å². The highest BCUT2D eigenvalue weighted by molar-refractivity contribution is 14.1. The number of hydrogen-bond donors (Lipinski definition) is 0. The van der Waals surface area contributed by atoms with Crippen LogP contribution >= 0.6 is 45.2 Å². The van der Waals surface area contributed by atoms with Gasteiger partial charge in [0.25, 0.3) is 5.92 Å². The molecule has 0 saturated heterocycles. The first kappa shape index (κ1) is 13.2.